The van der Waals surface area contributed by atoms with Gasteiger partial charge in [-0.15, -0.1) is 0 Å². The number of aromatic nitrogens is 2. The van der Waals surface area contributed by atoms with E-state index in [4.69, 9.17) is 0 Å². The van der Waals surface area contributed by atoms with Crippen molar-refractivity contribution in [2.24, 2.45) is 5.41 Å². The molecule has 3 heterocycles. The Hall–Kier alpha value is -2.38. The lowest BCUT2D eigenvalue weighted by Gasteiger charge is -2.41. The topological polar surface area (TPSA) is 95.5 Å². The van der Waals surface area contributed by atoms with Crippen LogP contribution in [0, 0.1) is 5.41 Å². The molecule has 2 aliphatic heterocycles. The Morgan fingerprint density at radius 1 is 1.24 bits per heavy atom. The molecule has 1 aromatic rings. The summed E-state index contributed by atoms with van der Waals surface area (Å²) < 4.78 is 1.18. The van der Waals surface area contributed by atoms with E-state index in [1.54, 1.807) is 4.90 Å². The minimum Gasteiger partial charge on any atom is -0.340 e. The highest BCUT2D eigenvalue weighted by Gasteiger charge is 2.49. The molecule has 2 fully saturated rings. The fraction of sp³-hybridized carbons (Fsp3) is 0.647. The van der Waals surface area contributed by atoms with E-state index < -0.39 is 16.7 Å². The molecule has 3 rings (SSSR count). The van der Waals surface area contributed by atoms with Gasteiger partial charge in [-0.1, -0.05) is 0 Å². The van der Waals surface area contributed by atoms with Crippen molar-refractivity contribution in [1.29, 1.82) is 0 Å². The lowest BCUT2D eigenvalue weighted by Crippen LogP contribution is -2.52. The standard InChI is InChI=1S/C17H24N4O4/c1-12(2)21-7-3-5-17(15(21)24)6-9-20(11-17)14(23)10-19-8-4-13(22)18-16(19)25/h4,8,12H,3,5-7,9-11H2,1-2H3,(H,18,22,25). The quantitative estimate of drug-likeness (QED) is 0.817. The number of hydrogen-bond donors (Lipinski definition) is 1. The van der Waals surface area contributed by atoms with Crippen LogP contribution < -0.4 is 11.2 Å². The zero-order valence-corrected chi connectivity index (χ0v) is 14.7. The van der Waals surface area contributed by atoms with Crippen LogP contribution in [0.3, 0.4) is 0 Å². The summed E-state index contributed by atoms with van der Waals surface area (Å²) in [5.41, 5.74) is -1.57. The molecule has 25 heavy (non-hydrogen) atoms. The molecule has 0 aromatic carbocycles. The molecule has 0 radical (unpaired) electrons. The third-order valence-electron chi connectivity index (χ3n) is 5.30. The fourth-order valence-electron chi connectivity index (χ4n) is 3.87. The second kappa shape index (κ2) is 6.50. The second-order valence-electron chi connectivity index (χ2n) is 7.28. The summed E-state index contributed by atoms with van der Waals surface area (Å²) in [6.45, 7) is 5.60. The molecule has 1 aromatic heterocycles. The van der Waals surface area contributed by atoms with E-state index >= 15 is 0 Å². The first-order valence-corrected chi connectivity index (χ1v) is 8.71. The molecule has 0 aliphatic carbocycles. The van der Waals surface area contributed by atoms with Gasteiger partial charge in [0.05, 0.1) is 5.41 Å². The molecule has 8 heteroatoms. The van der Waals surface area contributed by atoms with Gasteiger partial charge >= 0.3 is 5.69 Å². The molecule has 2 aliphatic rings. The Labute approximate surface area is 145 Å². The first kappa shape index (κ1) is 17.4. The van der Waals surface area contributed by atoms with Crippen molar-refractivity contribution in [1.82, 2.24) is 19.4 Å². The van der Waals surface area contributed by atoms with Gasteiger partial charge in [0.15, 0.2) is 0 Å². The molecule has 1 atom stereocenters. The van der Waals surface area contributed by atoms with E-state index in [0.29, 0.717) is 19.5 Å². The lowest BCUT2D eigenvalue weighted by molar-refractivity contribution is -0.148. The van der Waals surface area contributed by atoms with Gasteiger partial charge in [0.2, 0.25) is 11.8 Å². The van der Waals surface area contributed by atoms with E-state index in [0.717, 1.165) is 19.4 Å². The number of nitrogens with zero attached hydrogens (tertiary/aromatic N) is 3. The van der Waals surface area contributed by atoms with Gasteiger partial charge in [0.1, 0.15) is 6.54 Å². The van der Waals surface area contributed by atoms with Crippen molar-refractivity contribution < 1.29 is 9.59 Å². The Morgan fingerprint density at radius 3 is 2.68 bits per heavy atom. The van der Waals surface area contributed by atoms with Crippen LogP contribution >= 0.6 is 0 Å². The summed E-state index contributed by atoms with van der Waals surface area (Å²) in [7, 11) is 0. The normalized spacial score (nSPS) is 23.7. The lowest BCUT2D eigenvalue weighted by atomic mass is 9.78. The van der Waals surface area contributed by atoms with Gasteiger partial charge < -0.3 is 9.80 Å². The molecule has 0 bridgehead atoms. The minimum absolute atomic E-state index is 0.131. The van der Waals surface area contributed by atoms with Crippen molar-refractivity contribution in [2.75, 3.05) is 19.6 Å². The smallest absolute Gasteiger partial charge is 0.328 e. The molecule has 136 valence electrons. The zero-order chi connectivity index (χ0) is 18.2. The number of carbonyl (C=O) groups is 2. The molecule has 2 amide bonds. The average molecular weight is 348 g/mol. The number of piperidine rings is 1. The van der Waals surface area contributed by atoms with Crippen molar-refractivity contribution in [2.45, 2.75) is 45.7 Å². The van der Waals surface area contributed by atoms with E-state index in [9.17, 15) is 19.2 Å². The molecule has 8 nitrogen and oxygen atoms in total. The van der Waals surface area contributed by atoms with Crippen LogP contribution in [0.1, 0.15) is 33.1 Å². The molecule has 0 saturated carbocycles. The summed E-state index contributed by atoms with van der Waals surface area (Å²) in [5, 5.41) is 0. The van der Waals surface area contributed by atoms with Crippen LogP contribution in [0.2, 0.25) is 0 Å². The number of aromatic amines is 1. The Bertz CT molecular complexity index is 796. The van der Waals surface area contributed by atoms with Crippen molar-refractivity contribution >= 4 is 11.8 Å². The maximum absolute atomic E-state index is 12.9. The number of nitrogens with one attached hydrogen (secondary N) is 1. The maximum Gasteiger partial charge on any atom is 0.328 e. The van der Waals surface area contributed by atoms with Gasteiger partial charge in [-0.05, 0) is 33.1 Å². The Morgan fingerprint density at radius 2 is 2.00 bits per heavy atom. The van der Waals surface area contributed by atoms with Crippen molar-refractivity contribution in [3.63, 3.8) is 0 Å². The van der Waals surface area contributed by atoms with Crippen molar-refractivity contribution in [3.05, 3.63) is 33.1 Å². The van der Waals surface area contributed by atoms with Crippen LogP contribution in [0.5, 0.6) is 0 Å². The van der Waals surface area contributed by atoms with Gasteiger partial charge in [-0.2, -0.15) is 0 Å². The summed E-state index contributed by atoms with van der Waals surface area (Å²) in [5.74, 6) is -0.0641. The number of rotatable bonds is 3. The molecule has 2 saturated heterocycles. The van der Waals surface area contributed by atoms with Crippen LogP contribution in [-0.2, 0) is 16.1 Å². The number of amides is 2. The summed E-state index contributed by atoms with van der Waals surface area (Å²) >= 11 is 0. The largest absolute Gasteiger partial charge is 0.340 e. The predicted molar refractivity (Wildman–Crippen MR) is 91.0 cm³/mol. The molecular formula is C17H24N4O4. The van der Waals surface area contributed by atoms with Gasteiger partial charge in [0.25, 0.3) is 5.56 Å². The summed E-state index contributed by atoms with van der Waals surface area (Å²) in [6.07, 6.45) is 3.74. The van der Waals surface area contributed by atoms with E-state index in [1.807, 2.05) is 18.7 Å². The Kier molecular flexibility index (Phi) is 4.53. The average Bonchev–Trinajstić information content (AvgIpc) is 2.98. The molecule has 1 spiro atoms. The minimum atomic E-state index is -0.602. The highest BCUT2D eigenvalue weighted by molar-refractivity contribution is 5.86. The highest BCUT2D eigenvalue weighted by Crippen LogP contribution is 2.40. The molecule has 1 unspecified atom stereocenters. The maximum atomic E-state index is 12.9. The van der Waals surface area contributed by atoms with Crippen LogP contribution in [0.4, 0.5) is 0 Å². The monoisotopic (exact) mass is 348 g/mol. The van der Waals surface area contributed by atoms with Crippen LogP contribution in [0.15, 0.2) is 21.9 Å². The first-order valence-electron chi connectivity index (χ1n) is 8.71. The first-order chi connectivity index (χ1) is 11.8. The van der Waals surface area contributed by atoms with E-state index in [1.165, 1.54) is 16.8 Å². The summed E-state index contributed by atoms with van der Waals surface area (Å²) in [6, 6.07) is 1.37. The highest BCUT2D eigenvalue weighted by atomic mass is 16.2. The third-order valence-corrected chi connectivity index (χ3v) is 5.30. The number of likely N-dealkylation sites (tertiary alicyclic amines) is 2. The summed E-state index contributed by atoms with van der Waals surface area (Å²) in [4.78, 5) is 54.0. The van der Waals surface area contributed by atoms with E-state index in [2.05, 4.69) is 4.98 Å². The number of H-pyrrole nitrogens is 1. The number of carbonyl (C=O) groups excluding carboxylic acids is 2. The van der Waals surface area contributed by atoms with Gasteiger partial charge in [-0.3, -0.25) is 23.9 Å². The fourth-order valence-corrected chi connectivity index (χ4v) is 3.87. The van der Waals surface area contributed by atoms with E-state index in [-0.39, 0.29) is 24.4 Å². The Balaban J connectivity index is 1.71. The van der Waals surface area contributed by atoms with Crippen molar-refractivity contribution in [3.8, 4) is 0 Å². The second-order valence-corrected chi connectivity index (χ2v) is 7.28. The van der Waals surface area contributed by atoms with Gasteiger partial charge in [0, 0.05) is 37.9 Å². The molecular weight excluding hydrogens is 324 g/mol. The SMILES string of the molecule is CC(C)N1CCCC2(CCN(C(=O)Cn3ccc(=O)[nH]c3=O)C2)C1=O. The number of hydrogen-bond acceptors (Lipinski definition) is 4. The predicted octanol–water partition coefficient (Wildman–Crippen LogP) is -0.214. The van der Waals surface area contributed by atoms with Gasteiger partial charge in [-0.25, -0.2) is 4.79 Å². The zero-order valence-electron chi connectivity index (χ0n) is 14.7. The van der Waals surface area contributed by atoms with Crippen LogP contribution in [-0.4, -0.2) is 56.8 Å². The van der Waals surface area contributed by atoms with Crippen LogP contribution in [0.25, 0.3) is 0 Å². The molecule has 1 N–H and O–H groups in total. The third kappa shape index (κ3) is 3.25.